The zero-order chi connectivity index (χ0) is 21.6. The summed E-state index contributed by atoms with van der Waals surface area (Å²) in [4.78, 5) is 2.75. The van der Waals surface area contributed by atoms with E-state index in [4.69, 9.17) is 4.74 Å². The summed E-state index contributed by atoms with van der Waals surface area (Å²) in [6, 6.07) is 0.752. The molecule has 170 valence electrons. The highest BCUT2D eigenvalue weighted by molar-refractivity contribution is 4.89. The van der Waals surface area contributed by atoms with E-state index < -0.39 is 0 Å². The Morgan fingerprint density at radius 1 is 1.00 bits per heavy atom. The summed E-state index contributed by atoms with van der Waals surface area (Å²) >= 11 is 0. The van der Waals surface area contributed by atoms with Crippen molar-refractivity contribution in [1.29, 1.82) is 0 Å². The van der Waals surface area contributed by atoms with Gasteiger partial charge in [0, 0.05) is 12.6 Å². The Hall–Kier alpha value is -0.0800. The number of rotatable bonds is 14. The molecule has 1 heterocycles. The Bertz CT molecular complexity index is 356. The van der Waals surface area contributed by atoms with Crippen LogP contribution in [0, 0.1) is 17.8 Å². The molecule has 0 aliphatic carbocycles. The molecule has 0 aromatic heterocycles. The second-order valence-corrected chi connectivity index (χ2v) is 9.11. The molecule has 1 aliphatic rings. The Morgan fingerprint density at radius 3 is 2.11 bits per heavy atom. The molecular weight excluding hydrogens is 342 g/mol. The van der Waals surface area contributed by atoms with E-state index >= 15 is 0 Å². The summed E-state index contributed by atoms with van der Waals surface area (Å²) in [5.74, 6) is 2.52. The maximum atomic E-state index is 6.33. The SMILES string of the molecule is CC.CCC1COC(CC)(CCN(CC)C(CC)CCCC(CC)C(C)C)C1. The van der Waals surface area contributed by atoms with Crippen LogP contribution in [-0.4, -0.2) is 36.2 Å². The molecule has 0 aromatic rings. The highest BCUT2D eigenvalue weighted by Crippen LogP contribution is 2.37. The van der Waals surface area contributed by atoms with E-state index in [1.54, 1.807) is 0 Å². The van der Waals surface area contributed by atoms with E-state index in [1.807, 2.05) is 13.8 Å². The lowest BCUT2D eigenvalue weighted by Crippen LogP contribution is -2.40. The van der Waals surface area contributed by atoms with Crippen molar-refractivity contribution < 1.29 is 4.74 Å². The molecule has 2 heteroatoms. The van der Waals surface area contributed by atoms with Gasteiger partial charge in [-0.2, -0.15) is 0 Å². The molecule has 0 amide bonds. The van der Waals surface area contributed by atoms with E-state index in [0.29, 0.717) is 0 Å². The Labute approximate surface area is 179 Å². The van der Waals surface area contributed by atoms with Gasteiger partial charge in [-0.05, 0) is 56.4 Å². The topological polar surface area (TPSA) is 12.5 Å². The first kappa shape index (κ1) is 27.9. The van der Waals surface area contributed by atoms with Crippen LogP contribution in [0.3, 0.4) is 0 Å². The van der Waals surface area contributed by atoms with Gasteiger partial charge < -0.3 is 9.64 Å². The van der Waals surface area contributed by atoms with Gasteiger partial charge in [0.15, 0.2) is 0 Å². The first-order chi connectivity index (χ1) is 13.4. The summed E-state index contributed by atoms with van der Waals surface area (Å²) in [5, 5.41) is 0. The molecule has 2 nitrogen and oxygen atoms in total. The molecule has 1 rings (SSSR count). The van der Waals surface area contributed by atoms with Crippen molar-refractivity contribution >= 4 is 0 Å². The zero-order valence-electron chi connectivity index (χ0n) is 21.2. The molecule has 0 bridgehead atoms. The fourth-order valence-electron chi connectivity index (χ4n) is 5.01. The number of hydrogen-bond donors (Lipinski definition) is 0. The fraction of sp³-hybridized carbons (Fsp3) is 1.00. The van der Waals surface area contributed by atoms with Gasteiger partial charge in [0.1, 0.15) is 0 Å². The largest absolute Gasteiger partial charge is 0.375 e. The van der Waals surface area contributed by atoms with E-state index in [-0.39, 0.29) is 5.60 Å². The molecule has 0 saturated carbocycles. The van der Waals surface area contributed by atoms with Crippen LogP contribution in [0.2, 0.25) is 0 Å². The Balaban J connectivity index is 0.00000352. The maximum Gasteiger partial charge on any atom is 0.0695 e. The van der Waals surface area contributed by atoms with Crippen molar-refractivity contribution in [2.75, 3.05) is 19.7 Å². The summed E-state index contributed by atoms with van der Waals surface area (Å²) in [6.07, 6.45) is 11.7. The van der Waals surface area contributed by atoms with Crippen molar-refractivity contribution in [3.8, 4) is 0 Å². The molecule has 4 atom stereocenters. The first-order valence-electron chi connectivity index (χ1n) is 12.8. The molecule has 0 aromatic carbocycles. The van der Waals surface area contributed by atoms with Gasteiger partial charge in [0.05, 0.1) is 12.2 Å². The van der Waals surface area contributed by atoms with Crippen LogP contribution < -0.4 is 0 Å². The van der Waals surface area contributed by atoms with Gasteiger partial charge >= 0.3 is 0 Å². The Morgan fingerprint density at radius 2 is 1.68 bits per heavy atom. The predicted molar refractivity (Wildman–Crippen MR) is 127 cm³/mol. The Kier molecular flexibility index (Phi) is 15.7. The summed E-state index contributed by atoms with van der Waals surface area (Å²) < 4.78 is 6.33. The van der Waals surface area contributed by atoms with Crippen molar-refractivity contribution in [2.24, 2.45) is 17.8 Å². The normalized spacial score (nSPS) is 24.3. The molecule has 0 spiro atoms. The van der Waals surface area contributed by atoms with E-state index in [2.05, 4.69) is 53.4 Å². The fourth-order valence-corrected chi connectivity index (χ4v) is 5.01. The lowest BCUT2D eigenvalue weighted by Gasteiger charge is -2.35. The third kappa shape index (κ3) is 9.16. The molecular formula is C26H55NO. The maximum absolute atomic E-state index is 6.33. The standard InChI is InChI=1S/C24H49NO.C2H6/c1-8-21-18-24(11-4,26-19-21)16-17-25(12-5)23(10-3)15-13-14-22(9-2)20(6)7;1-2/h20-23H,8-19H2,1-7H3;1-2H3. The highest BCUT2D eigenvalue weighted by Gasteiger charge is 2.38. The summed E-state index contributed by atoms with van der Waals surface area (Å²) in [7, 11) is 0. The second kappa shape index (κ2) is 15.7. The third-order valence-corrected chi connectivity index (χ3v) is 7.34. The lowest BCUT2D eigenvalue weighted by molar-refractivity contribution is -0.0164. The average Bonchev–Trinajstić information content (AvgIpc) is 3.15. The quantitative estimate of drug-likeness (QED) is 0.295. The van der Waals surface area contributed by atoms with Gasteiger partial charge in [0.25, 0.3) is 0 Å². The van der Waals surface area contributed by atoms with Crippen molar-refractivity contribution in [2.45, 2.75) is 132 Å². The number of hydrogen-bond acceptors (Lipinski definition) is 2. The van der Waals surface area contributed by atoms with Gasteiger partial charge in [0.2, 0.25) is 0 Å². The first-order valence-corrected chi connectivity index (χ1v) is 12.8. The second-order valence-electron chi connectivity index (χ2n) is 9.11. The predicted octanol–water partition coefficient (Wildman–Crippen LogP) is 7.95. The minimum absolute atomic E-state index is 0.164. The highest BCUT2D eigenvalue weighted by atomic mass is 16.5. The van der Waals surface area contributed by atoms with Crippen LogP contribution in [0.25, 0.3) is 0 Å². The third-order valence-electron chi connectivity index (χ3n) is 7.34. The molecule has 4 unspecified atom stereocenters. The van der Waals surface area contributed by atoms with Crippen LogP contribution in [0.5, 0.6) is 0 Å². The summed E-state index contributed by atoms with van der Waals surface area (Å²) in [5.41, 5.74) is 0.164. The average molecular weight is 398 g/mol. The lowest BCUT2D eigenvalue weighted by atomic mass is 9.86. The minimum atomic E-state index is 0.164. The summed E-state index contributed by atoms with van der Waals surface area (Å²) in [6.45, 7) is 23.9. The smallest absolute Gasteiger partial charge is 0.0695 e. The molecule has 0 N–H and O–H groups in total. The molecule has 0 radical (unpaired) electrons. The van der Waals surface area contributed by atoms with Gasteiger partial charge in [-0.15, -0.1) is 0 Å². The van der Waals surface area contributed by atoms with E-state index in [9.17, 15) is 0 Å². The van der Waals surface area contributed by atoms with Crippen LogP contribution in [0.15, 0.2) is 0 Å². The molecule has 1 aliphatic heterocycles. The number of ether oxygens (including phenoxy) is 1. The zero-order valence-corrected chi connectivity index (χ0v) is 21.2. The van der Waals surface area contributed by atoms with Crippen molar-refractivity contribution in [3.05, 3.63) is 0 Å². The van der Waals surface area contributed by atoms with E-state index in [1.165, 1.54) is 70.9 Å². The molecule has 28 heavy (non-hydrogen) atoms. The van der Waals surface area contributed by atoms with Gasteiger partial charge in [-0.25, -0.2) is 0 Å². The van der Waals surface area contributed by atoms with Crippen LogP contribution >= 0.6 is 0 Å². The molecule has 1 fully saturated rings. The van der Waals surface area contributed by atoms with Gasteiger partial charge in [-0.1, -0.05) is 88.0 Å². The van der Waals surface area contributed by atoms with Crippen LogP contribution in [-0.2, 0) is 4.74 Å². The van der Waals surface area contributed by atoms with E-state index in [0.717, 1.165) is 30.4 Å². The minimum Gasteiger partial charge on any atom is -0.375 e. The molecule has 1 saturated heterocycles. The number of nitrogens with zero attached hydrogens (tertiary/aromatic N) is 1. The van der Waals surface area contributed by atoms with Crippen molar-refractivity contribution in [1.82, 2.24) is 4.90 Å². The van der Waals surface area contributed by atoms with Crippen LogP contribution in [0.1, 0.15) is 120 Å². The van der Waals surface area contributed by atoms with Crippen molar-refractivity contribution in [3.63, 3.8) is 0 Å². The van der Waals surface area contributed by atoms with Crippen LogP contribution in [0.4, 0.5) is 0 Å². The van der Waals surface area contributed by atoms with Gasteiger partial charge in [-0.3, -0.25) is 0 Å². The monoisotopic (exact) mass is 397 g/mol.